The number of likely N-dealkylation sites (N-methyl/N-ethyl adjacent to an activating group) is 1. The van der Waals surface area contributed by atoms with E-state index in [1.54, 1.807) is 20.2 Å². The van der Waals surface area contributed by atoms with Crippen LogP contribution in [0, 0.1) is 17.3 Å². The summed E-state index contributed by atoms with van der Waals surface area (Å²) in [5.74, 6) is -6.75. The van der Waals surface area contributed by atoms with Crippen molar-refractivity contribution in [3.8, 4) is 5.75 Å². The van der Waals surface area contributed by atoms with Gasteiger partial charge in [-0.15, -0.1) is 0 Å². The van der Waals surface area contributed by atoms with Crippen LogP contribution in [0.1, 0.15) is 49.4 Å². The number of hydrogen-bond acceptors (Lipinski definition) is 10. The molecule has 4 atom stereocenters. The van der Waals surface area contributed by atoms with Gasteiger partial charge in [0.2, 0.25) is 5.78 Å². The molecule has 1 amide bonds. The van der Waals surface area contributed by atoms with E-state index in [-0.39, 0.29) is 35.1 Å². The number of nitrogens with zero attached hydrogens (tertiary/aromatic N) is 2. The van der Waals surface area contributed by atoms with Crippen molar-refractivity contribution in [2.75, 3.05) is 38.4 Å². The van der Waals surface area contributed by atoms with Crippen molar-refractivity contribution < 1.29 is 34.8 Å². The fourth-order valence-corrected chi connectivity index (χ4v) is 7.49. The molecule has 3 aliphatic rings. The van der Waals surface area contributed by atoms with Crippen molar-refractivity contribution in [3.63, 3.8) is 0 Å². The van der Waals surface area contributed by atoms with Gasteiger partial charge in [-0.3, -0.25) is 19.3 Å². The van der Waals surface area contributed by atoms with Crippen LogP contribution in [0.4, 0.5) is 11.4 Å². The molecular weight excluding hydrogens is 588 g/mol. The third kappa shape index (κ3) is 5.21. The minimum Gasteiger partial charge on any atom is -0.508 e. The molecule has 0 aliphatic heterocycles. The highest BCUT2D eigenvalue weighted by Crippen LogP contribution is 2.54. The normalized spacial score (nSPS) is 24.5. The molecule has 1 fully saturated rings. The summed E-state index contributed by atoms with van der Waals surface area (Å²) in [6.45, 7) is 6.89. The predicted octanol–water partition coefficient (Wildman–Crippen LogP) is 3.23. The Balaban J connectivity index is 1.63. The number of aliphatic hydroxyl groups is 3. The number of aliphatic hydroxyl groups excluding tert-OH is 2. The van der Waals surface area contributed by atoms with Crippen molar-refractivity contribution in [2.45, 2.75) is 58.2 Å². The second-order valence-corrected chi connectivity index (χ2v) is 14.4. The van der Waals surface area contributed by atoms with E-state index in [0.29, 0.717) is 23.5 Å². The molecule has 0 bridgehead atoms. The van der Waals surface area contributed by atoms with Crippen LogP contribution < -0.4 is 16.0 Å². The maximum atomic E-state index is 14.2. The summed E-state index contributed by atoms with van der Waals surface area (Å²) in [5.41, 5.74) is 5.71. The molecule has 7 N–H and O–H groups in total. The number of hydrogen-bond donors (Lipinski definition) is 6. The second-order valence-electron chi connectivity index (χ2n) is 14.4. The zero-order valence-corrected chi connectivity index (χ0v) is 27.4. The number of fused-ring (bicyclic) bond motifs is 3. The number of Topliss-reactive ketones (excluding diaryl/α,β-unsaturated/α-hetero) is 2. The van der Waals surface area contributed by atoms with Gasteiger partial charge in [-0.2, -0.15) is 0 Å². The van der Waals surface area contributed by atoms with Crippen LogP contribution in [-0.4, -0.2) is 82.6 Å². The van der Waals surface area contributed by atoms with Gasteiger partial charge in [0.1, 0.15) is 22.8 Å². The summed E-state index contributed by atoms with van der Waals surface area (Å²) in [6.07, 6.45) is 1.09. The SMILES string of the molecule is CN(C)c1cc(NCc2ccccc2CC(C)(C)C)c(O)c2c1C[C@@H]1C[C@@H]3[C@@H](N(C)C)C(=O)C(C(N)=O)=C(O)[C@]3(O)C(=O)C1=C2O. The number of nitrogens with two attached hydrogens (primary N) is 1. The standard InChI is InChI=1S/C35H44N4O7/c1-34(2,3)15-17-10-8-9-11-18(17)16-37-22-14-23(38(4)5)20-12-19-13-21-27(39(6)7)30(42)26(33(36)45)32(44)35(21,46)31(43)24(19)29(41)25(20)28(22)40/h8-11,14,19,21,27,37,40-41,44,46H,12-13,15-16H2,1-7H3,(H2,36,45)/t19-,21-,27-,35-/m1/s1. The van der Waals surface area contributed by atoms with Crippen LogP contribution in [0.25, 0.3) is 5.76 Å². The van der Waals surface area contributed by atoms with Gasteiger partial charge in [-0.1, -0.05) is 45.0 Å². The maximum Gasteiger partial charge on any atom is 0.255 e. The Morgan fingerprint density at radius 1 is 1.07 bits per heavy atom. The number of anilines is 2. The minimum absolute atomic E-state index is 0.0317. The second kappa shape index (κ2) is 11.5. The van der Waals surface area contributed by atoms with E-state index in [0.717, 1.165) is 12.0 Å². The third-order valence-corrected chi connectivity index (χ3v) is 9.49. The number of ketones is 2. The topological polar surface area (TPSA) is 177 Å². The molecule has 2 aromatic carbocycles. The zero-order chi connectivity index (χ0) is 34.0. The highest BCUT2D eigenvalue weighted by Gasteiger charge is 2.64. The summed E-state index contributed by atoms with van der Waals surface area (Å²) < 4.78 is 0. The predicted molar refractivity (Wildman–Crippen MR) is 175 cm³/mol. The molecule has 0 unspecified atom stereocenters. The number of benzene rings is 2. The van der Waals surface area contributed by atoms with Crippen molar-refractivity contribution in [3.05, 3.63) is 69.5 Å². The number of carbonyl (C=O) groups excluding carboxylic acids is 3. The Hall–Kier alpha value is -4.35. The molecule has 0 radical (unpaired) electrons. The molecule has 11 nitrogen and oxygen atoms in total. The van der Waals surface area contributed by atoms with E-state index in [2.05, 4.69) is 32.2 Å². The summed E-state index contributed by atoms with van der Waals surface area (Å²) in [5, 5.41) is 49.7. The van der Waals surface area contributed by atoms with Crippen LogP contribution in [0.2, 0.25) is 0 Å². The minimum atomic E-state index is -2.68. The summed E-state index contributed by atoms with van der Waals surface area (Å²) in [6, 6.07) is 8.72. The highest BCUT2D eigenvalue weighted by atomic mass is 16.3. The number of nitrogens with one attached hydrogen (secondary N) is 1. The Bertz CT molecular complexity index is 1700. The van der Waals surface area contributed by atoms with Gasteiger partial charge >= 0.3 is 0 Å². The van der Waals surface area contributed by atoms with Crippen molar-refractivity contribution in [1.29, 1.82) is 0 Å². The van der Waals surface area contributed by atoms with Gasteiger partial charge in [0.15, 0.2) is 11.4 Å². The number of rotatable bonds is 7. The first-order valence-electron chi connectivity index (χ1n) is 15.4. The van der Waals surface area contributed by atoms with Crippen molar-refractivity contribution in [2.24, 2.45) is 23.0 Å². The summed E-state index contributed by atoms with van der Waals surface area (Å²) in [7, 11) is 6.83. The number of phenols is 1. The molecule has 5 rings (SSSR count). The Labute approximate surface area is 269 Å². The number of primary amides is 1. The van der Waals surface area contributed by atoms with Crippen LogP contribution >= 0.6 is 0 Å². The molecule has 0 saturated heterocycles. The molecule has 0 spiro atoms. The third-order valence-electron chi connectivity index (χ3n) is 9.49. The van der Waals surface area contributed by atoms with E-state index in [1.807, 2.05) is 37.2 Å². The number of aromatic hydroxyl groups is 1. The Kier molecular flexibility index (Phi) is 8.23. The van der Waals surface area contributed by atoms with Crippen LogP contribution in [0.5, 0.6) is 5.75 Å². The van der Waals surface area contributed by atoms with E-state index in [4.69, 9.17) is 5.73 Å². The Morgan fingerprint density at radius 3 is 2.26 bits per heavy atom. The largest absolute Gasteiger partial charge is 0.508 e. The van der Waals surface area contributed by atoms with Gasteiger partial charge in [0.05, 0.1) is 17.3 Å². The lowest BCUT2D eigenvalue weighted by atomic mass is 9.57. The fourth-order valence-electron chi connectivity index (χ4n) is 7.49. The lowest BCUT2D eigenvalue weighted by Crippen LogP contribution is -2.65. The summed E-state index contributed by atoms with van der Waals surface area (Å²) in [4.78, 5) is 43.1. The molecule has 2 aromatic rings. The van der Waals surface area contributed by atoms with Gasteiger partial charge in [0.25, 0.3) is 5.91 Å². The van der Waals surface area contributed by atoms with E-state index in [1.165, 1.54) is 10.5 Å². The molecule has 0 heterocycles. The van der Waals surface area contributed by atoms with E-state index in [9.17, 15) is 34.8 Å². The van der Waals surface area contributed by atoms with E-state index < -0.39 is 58.0 Å². The van der Waals surface area contributed by atoms with E-state index >= 15 is 0 Å². The average molecular weight is 633 g/mol. The first kappa shape index (κ1) is 33.0. The molecule has 1 saturated carbocycles. The smallest absolute Gasteiger partial charge is 0.255 e. The first-order chi connectivity index (χ1) is 21.4. The molecule has 246 valence electrons. The molecule has 3 aliphatic carbocycles. The zero-order valence-electron chi connectivity index (χ0n) is 27.4. The van der Waals surface area contributed by atoms with Crippen molar-refractivity contribution >= 4 is 34.6 Å². The van der Waals surface area contributed by atoms with Gasteiger partial charge in [0, 0.05) is 37.8 Å². The fraction of sp³-hybridized carbons (Fsp3) is 0.457. The first-order valence-corrected chi connectivity index (χ1v) is 15.4. The summed E-state index contributed by atoms with van der Waals surface area (Å²) >= 11 is 0. The maximum absolute atomic E-state index is 14.2. The number of phenolic OH excluding ortho intramolecular Hbond substituents is 1. The molecular formula is C35H44N4O7. The van der Waals surface area contributed by atoms with Crippen molar-refractivity contribution in [1.82, 2.24) is 4.90 Å². The van der Waals surface area contributed by atoms with Gasteiger partial charge in [-0.25, -0.2) is 0 Å². The van der Waals surface area contributed by atoms with Crippen LogP contribution in [-0.2, 0) is 33.8 Å². The van der Waals surface area contributed by atoms with Gasteiger partial charge in [-0.05, 0) is 67.4 Å². The lowest BCUT2D eigenvalue weighted by molar-refractivity contribution is -0.153. The highest BCUT2D eigenvalue weighted by molar-refractivity contribution is 6.24. The molecule has 0 aromatic heterocycles. The quantitative estimate of drug-likeness (QED) is 0.196. The van der Waals surface area contributed by atoms with Gasteiger partial charge < -0.3 is 36.4 Å². The van der Waals surface area contributed by atoms with Crippen LogP contribution in [0.3, 0.4) is 0 Å². The molecule has 46 heavy (non-hydrogen) atoms. The monoisotopic (exact) mass is 632 g/mol. The van der Waals surface area contributed by atoms with Crippen LogP contribution in [0.15, 0.2) is 47.2 Å². The number of carbonyl (C=O) groups is 3. The Morgan fingerprint density at radius 2 is 1.70 bits per heavy atom. The number of amides is 1. The lowest BCUT2D eigenvalue weighted by Gasteiger charge is -2.50. The average Bonchev–Trinajstić information content (AvgIpc) is 2.94. The molecule has 11 heteroatoms.